The van der Waals surface area contributed by atoms with E-state index in [-0.39, 0.29) is 5.56 Å². The smallest absolute Gasteiger partial charge is 0.280 e. The van der Waals surface area contributed by atoms with Crippen molar-refractivity contribution >= 4 is 33.4 Å². The SMILES string of the molecule is Cc1nc2ccccc2c2[nH]n(-c3ccc(Cl)cc3)c(=O)c12. The number of halogens is 1. The quantitative estimate of drug-likeness (QED) is 0.581. The van der Waals surface area contributed by atoms with Gasteiger partial charge in [-0.1, -0.05) is 29.8 Å². The van der Waals surface area contributed by atoms with E-state index in [9.17, 15) is 4.79 Å². The van der Waals surface area contributed by atoms with Crippen LogP contribution in [0.1, 0.15) is 5.69 Å². The number of aromatic nitrogens is 3. The molecule has 0 atom stereocenters. The molecule has 0 amide bonds. The highest BCUT2D eigenvalue weighted by Gasteiger charge is 2.14. The Hall–Kier alpha value is -2.59. The summed E-state index contributed by atoms with van der Waals surface area (Å²) in [7, 11) is 0. The molecular weight excluding hydrogens is 298 g/mol. The van der Waals surface area contributed by atoms with Crippen LogP contribution >= 0.6 is 11.6 Å². The molecule has 0 saturated carbocycles. The molecule has 2 heterocycles. The number of pyridine rings is 1. The Morgan fingerprint density at radius 1 is 1.09 bits per heavy atom. The highest BCUT2D eigenvalue weighted by atomic mass is 35.5. The lowest BCUT2D eigenvalue weighted by molar-refractivity contribution is 0.864. The Bertz CT molecular complexity index is 1060. The van der Waals surface area contributed by atoms with Gasteiger partial charge in [-0.3, -0.25) is 14.9 Å². The maximum atomic E-state index is 12.7. The van der Waals surface area contributed by atoms with Crippen molar-refractivity contribution in [2.75, 3.05) is 0 Å². The van der Waals surface area contributed by atoms with Gasteiger partial charge in [0.15, 0.2) is 0 Å². The third-order valence-corrected chi connectivity index (χ3v) is 4.05. The van der Waals surface area contributed by atoms with Crippen LogP contribution in [0.5, 0.6) is 0 Å². The Balaban J connectivity index is 2.12. The molecule has 0 saturated heterocycles. The number of benzene rings is 2. The van der Waals surface area contributed by atoms with Crippen molar-refractivity contribution < 1.29 is 0 Å². The first kappa shape index (κ1) is 13.1. The molecular formula is C17H12ClN3O. The standard InChI is InChI=1S/C17H12ClN3O/c1-10-15-16(13-4-2-3-5-14(13)19-10)20-21(17(15)22)12-8-6-11(18)7-9-12/h2-9,20H,1H3. The number of nitrogens with one attached hydrogen (secondary N) is 1. The van der Waals surface area contributed by atoms with Crippen molar-refractivity contribution in [1.29, 1.82) is 0 Å². The van der Waals surface area contributed by atoms with Crippen LogP contribution in [0.4, 0.5) is 0 Å². The van der Waals surface area contributed by atoms with Gasteiger partial charge in [-0.15, -0.1) is 0 Å². The fourth-order valence-electron chi connectivity index (χ4n) is 2.76. The van der Waals surface area contributed by atoms with Crippen LogP contribution in [0.15, 0.2) is 53.3 Å². The predicted molar refractivity (Wildman–Crippen MR) is 88.9 cm³/mol. The number of aryl methyl sites for hydroxylation is 1. The molecule has 0 aliphatic rings. The molecule has 0 fully saturated rings. The molecule has 108 valence electrons. The number of hydrogen-bond acceptors (Lipinski definition) is 2. The number of hydrogen-bond donors (Lipinski definition) is 1. The van der Waals surface area contributed by atoms with E-state index in [4.69, 9.17) is 11.6 Å². The third-order valence-electron chi connectivity index (χ3n) is 3.80. The van der Waals surface area contributed by atoms with Crippen LogP contribution in [0.2, 0.25) is 5.02 Å². The first-order chi connectivity index (χ1) is 10.6. The van der Waals surface area contributed by atoms with Gasteiger partial charge >= 0.3 is 0 Å². The average molecular weight is 310 g/mol. The van der Waals surface area contributed by atoms with Gasteiger partial charge < -0.3 is 0 Å². The first-order valence-electron chi connectivity index (χ1n) is 6.91. The molecule has 4 aromatic rings. The van der Waals surface area contributed by atoms with Crippen molar-refractivity contribution in [3.8, 4) is 5.69 Å². The number of aromatic amines is 1. The highest BCUT2D eigenvalue weighted by Crippen LogP contribution is 2.23. The lowest BCUT2D eigenvalue weighted by atomic mass is 10.1. The van der Waals surface area contributed by atoms with Crippen molar-refractivity contribution in [2.45, 2.75) is 6.92 Å². The predicted octanol–water partition coefficient (Wildman–Crippen LogP) is 3.83. The fraction of sp³-hybridized carbons (Fsp3) is 0.0588. The summed E-state index contributed by atoms with van der Waals surface area (Å²) in [5.74, 6) is 0. The van der Waals surface area contributed by atoms with E-state index in [2.05, 4.69) is 10.1 Å². The topological polar surface area (TPSA) is 50.7 Å². The largest absolute Gasteiger partial charge is 0.290 e. The van der Waals surface area contributed by atoms with Crippen molar-refractivity contribution in [3.63, 3.8) is 0 Å². The monoisotopic (exact) mass is 309 g/mol. The summed E-state index contributed by atoms with van der Waals surface area (Å²) in [4.78, 5) is 17.3. The van der Waals surface area contributed by atoms with Crippen LogP contribution in [0.3, 0.4) is 0 Å². The Labute approximate surface area is 131 Å². The summed E-state index contributed by atoms with van der Waals surface area (Å²) in [5, 5.41) is 5.40. The van der Waals surface area contributed by atoms with Gasteiger partial charge in [0, 0.05) is 10.4 Å². The van der Waals surface area contributed by atoms with E-state index in [0.717, 1.165) is 27.8 Å². The molecule has 0 aliphatic heterocycles. The Morgan fingerprint density at radius 3 is 2.59 bits per heavy atom. The highest BCUT2D eigenvalue weighted by molar-refractivity contribution is 6.30. The minimum Gasteiger partial charge on any atom is -0.290 e. The summed E-state index contributed by atoms with van der Waals surface area (Å²) in [6.07, 6.45) is 0. The first-order valence-corrected chi connectivity index (χ1v) is 7.29. The van der Waals surface area contributed by atoms with E-state index in [1.165, 1.54) is 4.68 Å². The molecule has 0 bridgehead atoms. The second-order valence-electron chi connectivity index (χ2n) is 5.19. The molecule has 4 nitrogen and oxygen atoms in total. The van der Waals surface area contributed by atoms with Crippen LogP contribution < -0.4 is 5.56 Å². The summed E-state index contributed by atoms with van der Waals surface area (Å²) >= 11 is 5.91. The van der Waals surface area contributed by atoms with E-state index in [1.54, 1.807) is 12.1 Å². The van der Waals surface area contributed by atoms with Gasteiger partial charge in [0.25, 0.3) is 5.56 Å². The lowest BCUT2D eigenvalue weighted by Gasteiger charge is -2.01. The van der Waals surface area contributed by atoms with E-state index < -0.39 is 0 Å². The minimum absolute atomic E-state index is 0.104. The third kappa shape index (κ3) is 1.84. The normalized spacial score (nSPS) is 11.4. The number of rotatable bonds is 1. The Morgan fingerprint density at radius 2 is 1.82 bits per heavy atom. The summed E-state index contributed by atoms with van der Waals surface area (Å²) < 4.78 is 1.53. The summed E-state index contributed by atoms with van der Waals surface area (Å²) in [5.41, 5.74) is 3.05. The van der Waals surface area contributed by atoms with Gasteiger partial charge in [-0.2, -0.15) is 0 Å². The van der Waals surface area contributed by atoms with Gasteiger partial charge in [-0.05, 0) is 37.3 Å². The van der Waals surface area contributed by atoms with E-state index in [0.29, 0.717) is 10.4 Å². The second kappa shape index (κ2) is 4.71. The van der Waals surface area contributed by atoms with Crippen LogP contribution in [0.25, 0.3) is 27.5 Å². The van der Waals surface area contributed by atoms with Crippen LogP contribution in [-0.2, 0) is 0 Å². The van der Waals surface area contributed by atoms with Crippen molar-refractivity contribution in [3.05, 3.63) is 69.6 Å². The molecule has 0 aliphatic carbocycles. The Kier molecular flexibility index (Phi) is 2.81. The number of nitrogens with zero attached hydrogens (tertiary/aromatic N) is 2. The summed E-state index contributed by atoms with van der Waals surface area (Å²) in [6.45, 7) is 1.86. The second-order valence-corrected chi connectivity index (χ2v) is 5.63. The van der Waals surface area contributed by atoms with E-state index in [1.807, 2.05) is 43.3 Å². The van der Waals surface area contributed by atoms with Crippen molar-refractivity contribution in [2.24, 2.45) is 0 Å². The molecule has 2 aromatic carbocycles. The molecule has 0 spiro atoms. The maximum Gasteiger partial charge on any atom is 0.280 e. The van der Waals surface area contributed by atoms with Crippen LogP contribution in [0, 0.1) is 6.92 Å². The minimum atomic E-state index is -0.104. The molecule has 22 heavy (non-hydrogen) atoms. The average Bonchev–Trinajstić information content (AvgIpc) is 2.87. The molecule has 0 unspecified atom stereocenters. The van der Waals surface area contributed by atoms with Gasteiger partial charge in [-0.25, -0.2) is 4.68 Å². The fourth-order valence-corrected chi connectivity index (χ4v) is 2.88. The summed E-state index contributed by atoms with van der Waals surface area (Å²) in [6, 6.07) is 14.9. The zero-order chi connectivity index (χ0) is 15.3. The molecule has 0 radical (unpaired) electrons. The molecule has 5 heteroatoms. The van der Waals surface area contributed by atoms with E-state index >= 15 is 0 Å². The maximum absolute atomic E-state index is 12.7. The lowest BCUT2D eigenvalue weighted by Crippen LogP contribution is -2.14. The van der Waals surface area contributed by atoms with Gasteiger partial charge in [0.2, 0.25) is 0 Å². The molecule has 2 aromatic heterocycles. The zero-order valence-electron chi connectivity index (χ0n) is 11.8. The number of fused-ring (bicyclic) bond motifs is 3. The van der Waals surface area contributed by atoms with Gasteiger partial charge in [0.05, 0.1) is 27.8 Å². The molecule has 1 N–H and O–H groups in total. The van der Waals surface area contributed by atoms with Gasteiger partial charge in [0.1, 0.15) is 0 Å². The number of para-hydroxylation sites is 1. The van der Waals surface area contributed by atoms with Crippen molar-refractivity contribution in [1.82, 2.24) is 14.8 Å². The number of H-pyrrole nitrogens is 1. The van der Waals surface area contributed by atoms with Crippen LogP contribution in [-0.4, -0.2) is 14.8 Å². The molecule has 4 rings (SSSR count). The zero-order valence-corrected chi connectivity index (χ0v) is 12.6.